The van der Waals surface area contributed by atoms with Crippen LogP contribution in [0.3, 0.4) is 0 Å². The minimum absolute atomic E-state index is 0.0269. The highest BCUT2D eigenvalue weighted by Crippen LogP contribution is 2.32. The van der Waals surface area contributed by atoms with Gasteiger partial charge < -0.3 is 4.90 Å². The Bertz CT molecular complexity index is 871. The molecule has 0 amide bonds. The Kier molecular flexibility index (Phi) is 4.08. The van der Waals surface area contributed by atoms with E-state index in [0.29, 0.717) is 23.3 Å². The van der Waals surface area contributed by atoms with Crippen LogP contribution in [0, 0.1) is 10.1 Å². The number of non-ortho nitro benzene ring substituents is 1. The molecular formula is C16H13ClN4O2. The van der Waals surface area contributed by atoms with Crippen molar-refractivity contribution < 1.29 is 4.92 Å². The molecular weight excluding hydrogens is 316 g/mol. The number of hydrogen-bond donors (Lipinski definition) is 0. The molecule has 3 rings (SSSR count). The van der Waals surface area contributed by atoms with Crippen molar-refractivity contribution in [2.75, 3.05) is 11.4 Å². The summed E-state index contributed by atoms with van der Waals surface area (Å²) >= 11 is 6.03. The van der Waals surface area contributed by atoms with Crippen LogP contribution in [0.2, 0.25) is 5.28 Å². The Morgan fingerprint density at radius 1 is 1.17 bits per heavy atom. The highest BCUT2D eigenvalue weighted by Gasteiger charge is 2.17. The maximum absolute atomic E-state index is 10.9. The van der Waals surface area contributed by atoms with E-state index in [9.17, 15) is 10.1 Å². The van der Waals surface area contributed by atoms with Gasteiger partial charge in [-0.25, -0.2) is 4.98 Å². The number of nitro groups is 1. The molecule has 0 radical (unpaired) electrons. The summed E-state index contributed by atoms with van der Waals surface area (Å²) in [5.41, 5.74) is 1.38. The lowest BCUT2D eigenvalue weighted by molar-refractivity contribution is -0.384. The summed E-state index contributed by atoms with van der Waals surface area (Å²) in [6.45, 7) is 2.67. The van der Waals surface area contributed by atoms with Gasteiger partial charge in [0.2, 0.25) is 5.28 Å². The fraction of sp³-hybridized carbons (Fsp3) is 0.125. The molecule has 2 aromatic carbocycles. The van der Waals surface area contributed by atoms with Gasteiger partial charge in [-0.05, 0) is 36.7 Å². The van der Waals surface area contributed by atoms with E-state index in [0.717, 1.165) is 5.69 Å². The Labute approximate surface area is 137 Å². The molecule has 1 aromatic heterocycles. The van der Waals surface area contributed by atoms with Crippen LogP contribution in [0.4, 0.5) is 17.2 Å². The summed E-state index contributed by atoms with van der Waals surface area (Å²) in [6, 6.07) is 14.3. The summed E-state index contributed by atoms with van der Waals surface area (Å²) in [4.78, 5) is 20.9. The zero-order chi connectivity index (χ0) is 16.4. The van der Waals surface area contributed by atoms with Crippen molar-refractivity contribution in [2.24, 2.45) is 0 Å². The minimum atomic E-state index is -0.454. The van der Waals surface area contributed by atoms with Gasteiger partial charge in [0.1, 0.15) is 5.82 Å². The van der Waals surface area contributed by atoms with E-state index < -0.39 is 4.92 Å². The van der Waals surface area contributed by atoms with E-state index in [1.54, 1.807) is 6.07 Å². The first kappa shape index (κ1) is 15.2. The fourth-order valence-corrected chi connectivity index (χ4v) is 2.63. The van der Waals surface area contributed by atoms with Gasteiger partial charge in [0.15, 0.2) is 0 Å². The van der Waals surface area contributed by atoms with Crippen LogP contribution in [0.5, 0.6) is 0 Å². The van der Waals surface area contributed by atoms with Crippen molar-refractivity contribution in [3.63, 3.8) is 0 Å². The molecule has 0 saturated heterocycles. The van der Waals surface area contributed by atoms with Crippen molar-refractivity contribution in [3.8, 4) is 0 Å². The number of benzene rings is 2. The third-order valence-electron chi connectivity index (χ3n) is 3.48. The number of halogens is 1. The van der Waals surface area contributed by atoms with Crippen molar-refractivity contribution in [2.45, 2.75) is 6.92 Å². The second-order valence-corrected chi connectivity index (χ2v) is 5.19. The first-order valence-electron chi connectivity index (χ1n) is 7.04. The van der Waals surface area contributed by atoms with Crippen LogP contribution < -0.4 is 4.90 Å². The third-order valence-corrected chi connectivity index (χ3v) is 3.65. The van der Waals surface area contributed by atoms with Crippen LogP contribution in [0.1, 0.15) is 6.92 Å². The third kappa shape index (κ3) is 2.93. The molecule has 6 nitrogen and oxygen atoms in total. The first-order chi connectivity index (χ1) is 11.1. The highest BCUT2D eigenvalue weighted by atomic mass is 35.5. The van der Waals surface area contributed by atoms with Gasteiger partial charge in [-0.3, -0.25) is 10.1 Å². The predicted molar refractivity (Wildman–Crippen MR) is 90.3 cm³/mol. The molecule has 116 valence electrons. The summed E-state index contributed by atoms with van der Waals surface area (Å²) in [5.74, 6) is 0.628. The Morgan fingerprint density at radius 2 is 1.91 bits per heavy atom. The lowest BCUT2D eigenvalue weighted by Crippen LogP contribution is -2.18. The van der Waals surface area contributed by atoms with Gasteiger partial charge in [0, 0.05) is 29.8 Å². The van der Waals surface area contributed by atoms with E-state index >= 15 is 0 Å². The maximum atomic E-state index is 10.9. The number of fused-ring (bicyclic) bond motifs is 1. The summed E-state index contributed by atoms with van der Waals surface area (Å²) < 4.78 is 0. The highest BCUT2D eigenvalue weighted by molar-refractivity contribution is 6.28. The molecule has 3 aromatic rings. The van der Waals surface area contributed by atoms with E-state index in [2.05, 4.69) is 9.97 Å². The largest absolute Gasteiger partial charge is 0.326 e. The molecule has 1 heterocycles. The molecule has 7 heteroatoms. The summed E-state index contributed by atoms with van der Waals surface area (Å²) in [6.07, 6.45) is 0. The van der Waals surface area contributed by atoms with Crippen LogP contribution >= 0.6 is 11.6 Å². The molecule has 23 heavy (non-hydrogen) atoms. The van der Waals surface area contributed by atoms with Gasteiger partial charge in [-0.1, -0.05) is 18.2 Å². The molecule has 0 bridgehead atoms. The molecule has 0 N–H and O–H groups in total. The smallest absolute Gasteiger partial charge is 0.271 e. The lowest BCUT2D eigenvalue weighted by atomic mass is 10.2. The van der Waals surface area contributed by atoms with Gasteiger partial charge >= 0.3 is 0 Å². The lowest BCUT2D eigenvalue weighted by Gasteiger charge is -2.23. The number of nitro benzene ring substituents is 1. The van der Waals surface area contributed by atoms with Crippen LogP contribution in [0.15, 0.2) is 48.5 Å². The SMILES string of the molecule is CCN(c1ccccc1)c1nc(Cl)nc2cc([N+](=O)[O-])ccc12. The normalized spacial score (nSPS) is 10.7. The monoisotopic (exact) mass is 328 g/mol. The van der Waals surface area contributed by atoms with Crippen molar-refractivity contribution in [1.29, 1.82) is 0 Å². The Balaban J connectivity index is 2.22. The van der Waals surface area contributed by atoms with Crippen molar-refractivity contribution in [3.05, 3.63) is 63.9 Å². The summed E-state index contributed by atoms with van der Waals surface area (Å²) in [5, 5.41) is 11.7. The zero-order valence-electron chi connectivity index (χ0n) is 12.3. The molecule has 0 fully saturated rings. The van der Waals surface area contributed by atoms with Crippen molar-refractivity contribution >= 4 is 39.7 Å². The van der Waals surface area contributed by atoms with Crippen LogP contribution in [0.25, 0.3) is 10.9 Å². The van der Waals surface area contributed by atoms with Gasteiger partial charge in [0.05, 0.1) is 10.4 Å². The second kappa shape index (κ2) is 6.18. The van der Waals surface area contributed by atoms with Gasteiger partial charge in [0.25, 0.3) is 5.69 Å². The molecule has 0 saturated carbocycles. The first-order valence-corrected chi connectivity index (χ1v) is 7.42. The molecule has 0 atom stereocenters. The Hall–Kier alpha value is -2.73. The number of hydrogen-bond acceptors (Lipinski definition) is 5. The number of anilines is 2. The molecule has 0 aliphatic rings. The number of nitrogens with zero attached hydrogens (tertiary/aromatic N) is 4. The number of para-hydroxylation sites is 1. The molecule has 0 spiro atoms. The van der Waals surface area contributed by atoms with E-state index in [1.165, 1.54) is 12.1 Å². The van der Waals surface area contributed by atoms with Crippen LogP contribution in [-0.4, -0.2) is 21.4 Å². The zero-order valence-corrected chi connectivity index (χ0v) is 13.1. The summed E-state index contributed by atoms with van der Waals surface area (Å²) in [7, 11) is 0. The number of aromatic nitrogens is 2. The standard InChI is InChI=1S/C16H13ClN4O2/c1-2-20(11-6-4-3-5-7-11)15-13-9-8-12(21(22)23)10-14(13)18-16(17)19-15/h3-10H,2H2,1H3. The van der Waals surface area contributed by atoms with E-state index in [-0.39, 0.29) is 11.0 Å². The van der Waals surface area contributed by atoms with Crippen LogP contribution in [-0.2, 0) is 0 Å². The average molecular weight is 329 g/mol. The average Bonchev–Trinajstić information content (AvgIpc) is 2.55. The quantitative estimate of drug-likeness (QED) is 0.404. The molecule has 0 aliphatic heterocycles. The topological polar surface area (TPSA) is 72.2 Å². The van der Waals surface area contributed by atoms with Gasteiger partial charge in [-0.2, -0.15) is 4.98 Å². The van der Waals surface area contributed by atoms with E-state index in [1.807, 2.05) is 42.2 Å². The second-order valence-electron chi connectivity index (χ2n) is 4.85. The van der Waals surface area contributed by atoms with Gasteiger partial charge in [-0.15, -0.1) is 0 Å². The number of rotatable bonds is 4. The Morgan fingerprint density at radius 3 is 2.57 bits per heavy atom. The molecule has 0 unspecified atom stereocenters. The fourth-order valence-electron chi connectivity index (χ4n) is 2.46. The minimum Gasteiger partial charge on any atom is -0.326 e. The van der Waals surface area contributed by atoms with E-state index in [4.69, 9.17) is 11.6 Å². The molecule has 0 aliphatic carbocycles. The predicted octanol–water partition coefficient (Wildman–Crippen LogP) is 4.35. The van der Waals surface area contributed by atoms with Crippen molar-refractivity contribution in [1.82, 2.24) is 9.97 Å². The maximum Gasteiger partial charge on any atom is 0.271 e.